The Balaban J connectivity index is 0.000000141. The van der Waals surface area contributed by atoms with Crippen LogP contribution in [-0.4, -0.2) is 29.9 Å². The molecule has 0 radical (unpaired) electrons. The number of hydrogen-bond acceptors (Lipinski definition) is 6. The van der Waals surface area contributed by atoms with Gasteiger partial charge in [-0.15, -0.1) is 0 Å². The molecule has 6 aromatic heterocycles. The number of hydrogen-bond donors (Lipinski definition) is 0. The normalized spacial score (nSPS) is 9.90. The van der Waals surface area contributed by atoms with Gasteiger partial charge in [-0.3, -0.25) is 29.9 Å². The summed E-state index contributed by atoms with van der Waals surface area (Å²) in [6, 6.07) is 43.2. The molecule has 0 amide bonds. The molecule has 0 spiro atoms. The van der Waals surface area contributed by atoms with Crippen LogP contribution in [0.2, 0.25) is 0 Å². The first-order valence-electron chi connectivity index (χ1n) is 13.5. The van der Waals surface area contributed by atoms with Crippen molar-refractivity contribution >= 4 is 0 Å². The summed E-state index contributed by atoms with van der Waals surface area (Å²) < 4.78 is 0. The van der Waals surface area contributed by atoms with Gasteiger partial charge in [-0.25, -0.2) is 0 Å². The van der Waals surface area contributed by atoms with Crippen LogP contribution in [0.3, 0.4) is 0 Å². The van der Waals surface area contributed by atoms with Gasteiger partial charge in [-0.2, -0.15) is 0 Å². The molecule has 0 fully saturated rings. The molecule has 0 aliphatic heterocycles. The van der Waals surface area contributed by atoms with Gasteiger partial charge in [0.05, 0.1) is 34.2 Å². The van der Waals surface area contributed by atoms with Gasteiger partial charge in [0.1, 0.15) is 0 Å². The van der Waals surface area contributed by atoms with Crippen LogP contribution in [-0.2, 0) is 0 Å². The molecule has 0 aliphatic carbocycles. The quantitative estimate of drug-likeness (QED) is 0.223. The first kappa shape index (κ1) is 27.7. The minimum Gasteiger partial charge on any atom is -0.256 e. The van der Waals surface area contributed by atoms with Crippen LogP contribution < -0.4 is 0 Å². The Bertz CT molecular complexity index is 1490. The number of benzene rings is 1. The molecule has 6 heteroatoms. The van der Waals surface area contributed by atoms with Crippen molar-refractivity contribution in [1.82, 2.24) is 29.9 Å². The van der Waals surface area contributed by atoms with Gasteiger partial charge < -0.3 is 0 Å². The van der Waals surface area contributed by atoms with Crippen LogP contribution in [0.5, 0.6) is 0 Å². The second-order valence-corrected chi connectivity index (χ2v) is 8.81. The fraction of sp³-hybridized carbons (Fsp3) is 0. The Morgan fingerprint density at radius 3 is 0.857 bits per heavy atom. The van der Waals surface area contributed by atoms with Crippen molar-refractivity contribution in [3.63, 3.8) is 0 Å². The highest BCUT2D eigenvalue weighted by Gasteiger charge is 2.10. The van der Waals surface area contributed by atoms with Gasteiger partial charge in [0.2, 0.25) is 0 Å². The predicted molar refractivity (Wildman–Crippen MR) is 168 cm³/mol. The second-order valence-electron chi connectivity index (χ2n) is 8.81. The fourth-order valence-corrected chi connectivity index (χ4v) is 4.07. The number of pyridine rings is 6. The molecule has 0 aliphatic rings. The highest BCUT2D eigenvalue weighted by molar-refractivity contribution is 5.77. The summed E-state index contributed by atoms with van der Waals surface area (Å²) >= 11 is 0. The Labute approximate surface area is 245 Å². The summed E-state index contributed by atoms with van der Waals surface area (Å²) in [5.74, 6) is 0. The molecule has 42 heavy (non-hydrogen) atoms. The van der Waals surface area contributed by atoms with E-state index in [0.29, 0.717) is 0 Å². The molecule has 0 saturated heterocycles. The summed E-state index contributed by atoms with van der Waals surface area (Å²) in [4.78, 5) is 26.3. The topological polar surface area (TPSA) is 77.3 Å². The van der Waals surface area contributed by atoms with Crippen molar-refractivity contribution in [2.24, 2.45) is 0 Å². The SMILES string of the molecule is c1ccc(-c2cccnc2-c2ccccn2)nc1.c1ccc(-c2cccnc2-c2ccccn2)nc1.c1ccccc1. The Morgan fingerprint density at radius 1 is 0.238 bits per heavy atom. The summed E-state index contributed by atoms with van der Waals surface area (Å²) in [7, 11) is 0. The zero-order chi connectivity index (χ0) is 28.7. The van der Waals surface area contributed by atoms with Gasteiger partial charge in [0.15, 0.2) is 0 Å². The molecule has 6 nitrogen and oxygen atoms in total. The molecule has 0 unspecified atom stereocenters. The highest BCUT2D eigenvalue weighted by Crippen LogP contribution is 2.28. The van der Waals surface area contributed by atoms with E-state index in [1.165, 1.54) is 0 Å². The first-order chi connectivity index (χ1) is 20.9. The zero-order valence-electron chi connectivity index (χ0n) is 22.8. The standard InChI is InChI=1S/2C15H11N3.C6H6/c2*1-3-9-16-13(7-1)12-6-5-11-18-15(12)14-8-2-4-10-17-14;1-2-4-6-5-3-1/h2*1-11H;1-6H. The van der Waals surface area contributed by atoms with Crippen LogP contribution in [0.15, 0.2) is 171 Å². The van der Waals surface area contributed by atoms with Gasteiger partial charge >= 0.3 is 0 Å². The molecule has 0 saturated carbocycles. The maximum absolute atomic E-state index is 4.42. The van der Waals surface area contributed by atoms with Gasteiger partial charge in [-0.1, -0.05) is 60.7 Å². The van der Waals surface area contributed by atoms with Gasteiger partial charge in [0.25, 0.3) is 0 Å². The average Bonchev–Trinajstić information content (AvgIpc) is 3.11. The Kier molecular flexibility index (Phi) is 9.92. The molecule has 202 valence electrons. The highest BCUT2D eigenvalue weighted by atomic mass is 14.8. The number of nitrogens with zero attached hydrogens (tertiary/aromatic N) is 6. The summed E-state index contributed by atoms with van der Waals surface area (Å²) in [6.45, 7) is 0. The first-order valence-corrected chi connectivity index (χ1v) is 13.5. The fourth-order valence-electron chi connectivity index (χ4n) is 4.07. The third kappa shape index (κ3) is 7.61. The molecule has 0 bridgehead atoms. The minimum absolute atomic E-state index is 0.858. The second kappa shape index (κ2) is 15.1. The Morgan fingerprint density at radius 2 is 0.548 bits per heavy atom. The lowest BCUT2D eigenvalue weighted by molar-refractivity contribution is 1.23. The van der Waals surface area contributed by atoms with Crippen LogP contribution in [0.1, 0.15) is 0 Å². The molecule has 0 N–H and O–H groups in total. The van der Waals surface area contributed by atoms with Crippen molar-refractivity contribution in [2.75, 3.05) is 0 Å². The summed E-state index contributed by atoms with van der Waals surface area (Å²) in [5.41, 5.74) is 7.25. The van der Waals surface area contributed by atoms with Crippen LogP contribution >= 0.6 is 0 Å². The van der Waals surface area contributed by atoms with Gasteiger partial charge in [0, 0.05) is 48.3 Å². The zero-order valence-corrected chi connectivity index (χ0v) is 22.8. The monoisotopic (exact) mass is 544 g/mol. The van der Waals surface area contributed by atoms with E-state index in [9.17, 15) is 0 Å². The van der Waals surface area contributed by atoms with E-state index >= 15 is 0 Å². The van der Waals surface area contributed by atoms with E-state index in [1.807, 2.05) is 133 Å². The van der Waals surface area contributed by atoms with E-state index in [-0.39, 0.29) is 0 Å². The maximum atomic E-state index is 4.42. The van der Waals surface area contributed by atoms with Crippen molar-refractivity contribution in [3.8, 4) is 45.3 Å². The molecule has 6 heterocycles. The predicted octanol–water partition coefficient (Wildman–Crippen LogP) is 8.10. The van der Waals surface area contributed by atoms with Crippen molar-refractivity contribution in [2.45, 2.75) is 0 Å². The van der Waals surface area contributed by atoms with E-state index in [0.717, 1.165) is 45.3 Å². The number of aromatic nitrogens is 6. The third-order valence-electron chi connectivity index (χ3n) is 5.98. The molecule has 7 aromatic rings. The Hall–Kier alpha value is -5.88. The number of rotatable bonds is 4. The van der Waals surface area contributed by atoms with Crippen molar-refractivity contribution in [3.05, 3.63) is 171 Å². The lowest BCUT2D eigenvalue weighted by Crippen LogP contribution is -1.92. The van der Waals surface area contributed by atoms with Crippen LogP contribution in [0.4, 0.5) is 0 Å². The van der Waals surface area contributed by atoms with E-state index in [4.69, 9.17) is 0 Å². The van der Waals surface area contributed by atoms with E-state index in [2.05, 4.69) is 29.9 Å². The maximum Gasteiger partial charge on any atom is 0.0980 e. The molecule has 0 atom stereocenters. The van der Waals surface area contributed by atoms with Crippen LogP contribution in [0.25, 0.3) is 45.3 Å². The lowest BCUT2D eigenvalue weighted by atomic mass is 10.1. The van der Waals surface area contributed by atoms with Crippen LogP contribution in [0, 0.1) is 0 Å². The molecular weight excluding hydrogens is 516 g/mol. The minimum atomic E-state index is 0.858. The average molecular weight is 545 g/mol. The van der Waals surface area contributed by atoms with Crippen molar-refractivity contribution in [1.29, 1.82) is 0 Å². The lowest BCUT2D eigenvalue weighted by Gasteiger charge is -2.06. The molecule has 1 aromatic carbocycles. The van der Waals surface area contributed by atoms with E-state index < -0.39 is 0 Å². The largest absolute Gasteiger partial charge is 0.256 e. The summed E-state index contributed by atoms with van der Waals surface area (Å²) in [6.07, 6.45) is 10.7. The summed E-state index contributed by atoms with van der Waals surface area (Å²) in [5, 5.41) is 0. The molecule has 7 rings (SSSR count). The third-order valence-corrected chi connectivity index (χ3v) is 5.98. The van der Waals surface area contributed by atoms with Gasteiger partial charge in [-0.05, 0) is 72.8 Å². The smallest absolute Gasteiger partial charge is 0.0980 e. The molecular formula is C36H28N6. The van der Waals surface area contributed by atoms with E-state index in [1.54, 1.807) is 37.2 Å². The van der Waals surface area contributed by atoms with Crippen molar-refractivity contribution < 1.29 is 0 Å².